The van der Waals surface area contributed by atoms with E-state index in [1.807, 2.05) is 24.3 Å². The molecule has 2 aromatic carbocycles. The van der Waals surface area contributed by atoms with E-state index in [2.05, 4.69) is 45.0 Å². The fourth-order valence-electron chi connectivity index (χ4n) is 3.11. The monoisotopic (exact) mass is 448 g/mol. The molecule has 0 radical (unpaired) electrons. The van der Waals surface area contributed by atoms with Crippen molar-refractivity contribution in [3.8, 4) is 11.5 Å². The van der Waals surface area contributed by atoms with Crippen molar-refractivity contribution in [2.75, 3.05) is 32.8 Å². The van der Waals surface area contributed by atoms with Crippen LogP contribution in [0.1, 0.15) is 38.8 Å². The normalized spacial score (nSPS) is 13.4. The predicted octanol–water partition coefficient (Wildman–Crippen LogP) is 5.22. The Labute approximate surface area is 190 Å². The average Bonchev–Trinajstić information content (AvgIpc) is 2.76. The first-order chi connectivity index (χ1) is 14.8. The molecule has 0 heterocycles. The smallest absolute Gasteiger partial charge is 0.303 e. The number of rotatable bonds is 12. The van der Waals surface area contributed by atoms with Gasteiger partial charge in [-0.1, -0.05) is 45.0 Å². The van der Waals surface area contributed by atoms with E-state index in [0.29, 0.717) is 24.2 Å². The second kappa shape index (κ2) is 12.0. The van der Waals surface area contributed by atoms with E-state index in [1.54, 1.807) is 7.11 Å². The lowest BCUT2D eigenvalue weighted by Gasteiger charge is -2.26. The van der Waals surface area contributed by atoms with Crippen molar-refractivity contribution in [2.24, 2.45) is 5.92 Å². The third-order valence-corrected chi connectivity index (χ3v) is 5.60. The van der Waals surface area contributed by atoms with Gasteiger partial charge in [-0.15, -0.1) is 11.6 Å². The van der Waals surface area contributed by atoms with Gasteiger partial charge in [0, 0.05) is 31.2 Å². The van der Waals surface area contributed by atoms with E-state index in [4.69, 9.17) is 30.5 Å². The fourth-order valence-corrected chi connectivity index (χ4v) is 3.20. The van der Waals surface area contributed by atoms with Crippen molar-refractivity contribution in [2.45, 2.75) is 39.2 Å². The molecule has 6 heteroatoms. The van der Waals surface area contributed by atoms with Crippen molar-refractivity contribution >= 4 is 17.6 Å². The minimum atomic E-state index is -0.438. The molecule has 0 saturated heterocycles. The Morgan fingerprint density at radius 2 is 1.39 bits per heavy atom. The average molecular weight is 449 g/mol. The predicted molar refractivity (Wildman–Crippen MR) is 123 cm³/mol. The molecule has 2 aromatic rings. The zero-order chi connectivity index (χ0) is 22.9. The zero-order valence-electron chi connectivity index (χ0n) is 19.0. The number of esters is 1. The number of hydrogen-bond acceptors (Lipinski definition) is 5. The molecule has 0 unspecified atom stereocenters. The van der Waals surface area contributed by atoms with Crippen molar-refractivity contribution in [3.63, 3.8) is 0 Å². The number of carbonyl (C=O) groups excluding carboxylic acids is 1. The van der Waals surface area contributed by atoms with Crippen molar-refractivity contribution < 1.29 is 23.7 Å². The van der Waals surface area contributed by atoms with Gasteiger partial charge in [-0.25, -0.2) is 0 Å². The van der Waals surface area contributed by atoms with Crippen LogP contribution in [-0.2, 0) is 19.7 Å². The van der Waals surface area contributed by atoms with E-state index in [-0.39, 0.29) is 24.6 Å². The van der Waals surface area contributed by atoms with Crippen LogP contribution in [-0.4, -0.2) is 44.9 Å². The maximum Gasteiger partial charge on any atom is 0.303 e. The third kappa shape index (κ3) is 7.75. The Morgan fingerprint density at radius 3 is 1.81 bits per heavy atom. The lowest BCUT2D eigenvalue weighted by atomic mass is 9.78. The Hall–Kier alpha value is -2.24. The SMILES string of the molecule is COC[C@@H](COc1ccc(C(C)(C)c2ccc(OC[C@@H](C)CCl)cc2)cc1)OC(C)=O. The van der Waals surface area contributed by atoms with Gasteiger partial charge >= 0.3 is 5.97 Å². The van der Waals surface area contributed by atoms with Gasteiger partial charge < -0.3 is 18.9 Å². The fraction of sp³-hybridized carbons (Fsp3) is 0.480. The van der Waals surface area contributed by atoms with Crippen LogP contribution in [0.5, 0.6) is 11.5 Å². The molecule has 0 aromatic heterocycles. The van der Waals surface area contributed by atoms with E-state index in [0.717, 1.165) is 11.3 Å². The maximum atomic E-state index is 11.2. The Balaban J connectivity index is 2.01. The molecule has 2 rings (SSSR count). The molecule has 0 N–H and O–H groups in total. The van der Waals surface area contributed by atoms with E-state index >= 15 is 0 Å². The Kier molecular flexibility index (Phi) is 9.66. The van der Waals surface area contributed by atoms with E-state index in [9.17, 15) is 4.79 Å². The molecule has 0 bridgehead atoms. The standard InChI is InChI=1S/C25H33ClO5/c1-18(14-26)15-29-22-10-6-20(7-11-22)25(3,4)21-8-12-23(13-9-21)30-17-24(16-28-5)31-19(2)27/h6-13,18,24H,14-17H2,1-5H3/t18-,24-/m0/s1. The van der Waals surface area contributed by atoms with Gasteiger partial charge in [0.25, 0.3) is 0 Å². The minimum Gasteiger partial charge on any atom is -0.493 e. The molecule has 0 saturated carbocycles. The lowest BCUT2D eigenvalue weighted by Crippen LogP contribution is -2.28. The number of hydrogen-bond donors (Lipinski definition) is 0. The van der Waals surface area contributed by atoms with Gasteiger partial charge in [-0.2, -0.15) is 0 Å². The van der Waals surface area contributed by atoms with Crippen molar-refractivity contribution in [1.29, 1.82) is 0 Å². The van der Waals surface area contributed by atoms with E-state index in [1.165, 1.54) is 12.5 Å². The summed E-state index contributed by atoms with van der Waals surface area (Å²) in [6, 6.07) is 16.2. The van der Waals surface area contributed by atoms with Crippen molar-refractivity contribution in [3.05, 3.63) is 59.7 Å². The van der Waals surface area contributed by atoms with Gasteiger partial charge in [-0.3, -0.25) is 4.79 Å². The number of carbonyl (C=O) groups is 1. The van der Waals surface area contributed by atoms with E-state index < -0.39 is 6.10 Å². The van der Waals surface area contributed by atoms with Crippen molar-refractivity contribution in [1.82, 2.24) is 0 Å². The minimum absolute atomic E-state index is 0.184. The molecule has 5 nitrogen and oxygen atoms in total. The van der Waals surface area contributed by atoms with Gasteiger partial charge in [0.1, 0.15) is 18.1 Å². The maximum absolute atomic E-state index is 11.2. The van der Waals surface area contributed by atoms with Crippen LogP contribution in [0.15, 0.2) is 48.5 Å². The second-order valence-electron chi connectivity index (χ2n) is 8.24. The van der Waals surface area contributed by atoms with Crippen LogP contribution in [0.3, 0.4) is 0 Å². The summed E-state index contributed by atoms with van der Waals surface area (Å²) in [5.74, 6) is 2.11. The lowest BCUT2D eigenvalue weighted by molar-refractivity contribution is -0.150. The summed E-state index contributed by atoms with van der Waals surface area (Å²) >= 11 is 5.84. The van der Waals surface area contributed by atoms with Crippen LogP contribution in [0, 0.1) is 5.92 Å². The molecule has 31 heavy (non-hydrogen) atoms. The second-order valence-corrected chi connectivity index (χ2v) is 8.55. The summed E-state index contributed by atoms with van der Waals surface area (Å²) in [5.41, 5.74) is 2.17. The summed E-state index contributed by atoms with van der Waals surface area (Å²) < 4.78 is 21.8. The molecular weight excluding hydrogens is 416 g/mol. The number of benzene rings is 2. The number of halogens is 1. The van der Waals surface area contributed by atoms with Gasteiger partial charge in [0.15, 0.2) is 6.10 Å². The zero-order valence-corrected chi connectivity index (χ0v) is 19.8. The first-order valence-electron chi connectivity index (χ1n) is 10.4. The molecule has 170 valence electrons. The number of methoxy groups -OCH3 is 1. The third-order valence-electron chi connectivity index (χ3n) is 5.07. The molecule has 0 aliphatic heterocycles. The first-order valence-corrected chi connectivity index (χ1v) is 11.0. The van der Waals surface area contributed by atoms with Crippen LogP contribution >= 0.6 is 11.6 Å². The Bertz CT molecular complexity index is 802. The summed E-state index contributed by atoms with van der Waals surface area (Å²) in [6.45, 7) is 8.93. The number of alkyl halides is 1. The summed E-state index contributed by atoms with van der Waals surface area (Å²) in [6.07, 6.45) is -0.438. The van der Waals surface area contributed by atoms with Gasteiger partial charge in [0.2, 0.25) is 0 Å². The molecule has 0 aliphatic rings. The van der Waals surface area contributed by atoms with Gasteiger partial charge in [-0.05, 0) is 35.4 Å². The molecule has 2 atom stereocenters. The van der Waals surface area contributed by atoms with Crippen LogP contribution < -0.4 is 9.47 Å². The number of ether oxygens (including phenoxy) is 4. The highest BCUT2D eigenvalue weighted by Gasteiger charge is 2.23. The highest BCUT2D eigenvalue weighted by Crippen LogP contribution is 2.33. The molecule has 0 aliphatic carbocycles. The quantitative estimate of drug-likeness (QED) is 0.329. The molecule has 0 spiro atoms. The highest BCUT2D eigenvalue weighted by atomic mass is 35.5. The molecular formula is C25H33ClO5. The Morgan fingerprint density at radius 1 is 0.903 bits per heavy atom. The summed E-state index contributed by atoms with van der Waals surface area (Å²) in [7, 11) is 1.56. The van der Waals surface area contributed by atoms with Crippen LogP contribution in [0.2, 0.25) is 0 Å². The molecule has 0 amide bonds. The van der Waals surface area contributed by atoms with Crippen LogP contribution in [0.25, 0.3) is 0 Å². The van der Waals surface area contributed by atoms with Gasteiger partial charge in [0.05, 0.1) is 13.2 Å². The largest absolute Gasteiger partial charge is 0.493 e. The summed E-state index contributed by atoms with van der Waals surface area (Å²) in [5, 5.41) is 0. The first kappa shape index (κ1) is 25.0. The van der Waals surface area contributed by atoms with Crippen LogP contribution in [0.4, 0.5) is 0 Å². The highest BCUT2D eigenvalue weighted by molar-refractivity contribution is 6.18. The molecule has 0 fully saturated rings. The topological polar surface area (TPSA) is 54.0 Å². The summed E-state index contributed by atoms with van der Waals surface area (Å²) in [4.78, 5) is 11.2.